The predicted octanol–water partition coefficient (Wildman–Crippen LogP) is 0.0190. The highest BCUT2D eigenvalue weighted by molar-refractivity contribution is 7.91. The molecule has 1 saturated heterocycles. The number of hydrogen-bond acceptors (Lipinski definition) is 4. The SMILES string of the molecule is CCC(C#N)N1CCS(=O)(=O)CC1. The zero-order chi connectivity index (χ0) is 9.90. The topological polar surface area (TPSA) is 61.2 Å². The molecule has 1 atom stereocenters. The molecule has 1 fully saturated rings. The zero-order valence-corrected chi connectivity index (χ0v) is 8.55. The second-order valence-electron chi connectivity index (χ2n) is 3.24. The molecule has 1 unspecified atom stereocenters. The highest BCUT2D eigenvalue weighted by Gasteiger charge is 2.25. The van der Waals surface area contributed by atoms with Crippen LogP contribution >= 0.6 is 0 Å². The van der Waals surface area contributed by atoms with Crippen LogP contribution in [0.4, 0.5) is 0 Å². The zero-order valence-electron chi connectivity index (χ0n) is 7.73. The molecule has 0 saturated carbocycles. The summed E-state index contributed by atoms with van der Waals surface area (Å²) in [6.45, 7) is 2.96. The van der Waals surface area contributed by atoms with Gasteiger partial charge in [-0.2, -0.15) is 5.26 Å². The van der Waals surface area contributed by atoms with Crippen molar-refractivity contribution in [2.45, 2.75) is 19.4 Å². The second kappa shape index (κ2) is 4.07. The van der Waals surface area contributed by atoms with Gasteiger partial charge < -0.3 is 0 Å². The van der Waals surface area contributed by atoms with E-state index in [1.807, 2.05) is 11.8 Å². The average molecular weight is 202 g/mol. The van der Waals surface area contributed by atoms with Gasteiger partial charge in [0.2, 0.25) is 0 Å². The molecule has 0 amide bonds. The maximum absolute atomic E-state index is 11.1. The molecule has 0 bridgehead atoms. The van der Waals surface area contributed by atoms with Gasteiger partial charge >= 0.3 is 0 Å². The summed E-state index contributed by atoms with van der Waals surface area (Å²) in [5, 5.41) is 8.77. The molecule has 74 valence electrons. The molecule has 0 radical (unpaired) electrons. The Kier molecular flexibility index (Phi) is 3.28. The van der Waals surface area contributed by atoms with Crippen molar-refractivity contribution in [1.29, 1.82) is 5.26 Å². The Morgan fingerprint density at radius 2 is 2.00 bits per heavy atom. The van der Waals surface area contributed by atoms with E-state index in [1.165, 1.54) is 0 Å². The third kappa shape index (κ3) is 2.68. The molecule has 1 aliphatic rings. The lowest BCUT2D eigenvalue weighted by Gasteiger charge is -2.29. The Morgan fingerprint density at radius 3 is 2.38 bits per heavy atom. The Balaban J connectivity index is 2.55. The van der Waals surface area contributed by atoms with E-state index < -0.39 is 9.84 Å². The van der Waals surface area contributed by atoms with Crippen LogP contribution in [0.1, 0.15) is 13.3 Å². The van der Waals surface area contributed by atoms with Crippen LogP contribution in [0.5, 0.6) is 0 Å². The van der Waals surface area contributed by atoms with Gasteiger partial charge in [0.1, 0.15) is 0 Å². The second-order valence-corrected chi connectivity index (χ2v) is 5.54. The highest BCUT2D eigenvalue weighted by atomic mass is 32.2. The lowest BCUT2D eigenvalue weighted by atomic mass is 10.2. The van der Waals surface area contributed by atoms with Crippen molar-refractivity contribution < 1.29 is 8.42 Å². The molecule has 0 aromatic carbocycles. The van der Waals surface area contributed by atoms with Crippen molar-refractivity contribution >= 4 is 9.84 Å². The van der Waals surface area contributed by atoms with Crippen LogP contribution in [0.25, 0.3) is 0 Å². The van der Waals surface area contributed by atoms with E-state index in [1.54, 1.807) is 0 Å². The predicted molar refractivity (Wildman–Crippen MR) is 49.9 cm³/mol. The first-order chi connectivity index (χ1) is 6.09. The molecule has 0 spiro atoms. The summed E-state index contributed by atoms with van der Waals surface area (Å²) >= 11 is 0. The first kappa shape index (κ1) is 10.5. The minimum Gasteiger partial charge on any atom is -0.286 e. The van der Waals surface area contributed by atoms with Crippen LogP contribution in [0, 0.1) is 11.3 Å². The minimum absolute atomic E-state index is 0.115. The van der Waals surface area contributed by atoms with Gasteiger partial charge in [-0.05, 0) is 6.42 Å². The molecule has 0 aliphatic carbocycles. The van der Waals surface area contributed by atoms with Crippen LogP contribution < -0.4 is 0 Å². The summed E-state index contributed by atoms with van der Waals surface area (Å²) in [5.74, 6) is 0.399. The first-order valence-corrected chi connectivity index (χ1v) is 6.25. The molecule has 4 nitrogen and oxygen atoms in total. The maximum Gasteiger partial charge on any atom is 0.152 e. The number of nitrogens with zero attached hydrogens (tertiary/aromatic N) is 2. The van der Waals surface area contributed by atoms with Gasteiger partial charge in [-0.3, -0.25) is 4.90 Å². The molecule has 1 aliphatic heterocycles. The fraction of sp³-hybridized carbons (Fsp3) is 0.875. The van der Waals surface area contributed by atoms with E-state index >= 15 is 0 Å². The molecule has 1 heterocycles. The normalized spacial score (nSPS) is 24.9. The van der Waals surface area contributed by atoms with Crippen LogP contribution in [0.15, 0.2) is 0 Å². The van der Waals surface area contributed by atoms with Crippen molar-refractivity contribution in [3.05, 3.63) is 0 Å². The highest BCUT2D eigenvalue weighted by Crippen LogP contribution is 2.09. The summed E-state index contributed by atoms with van der Waals surface area (Å²) in [6.07, 6.45) is 0.760. The molecule has 13 heavy (non-hydrogen) atoms. The first-order valence-electron chi connectivity index (χ1n) is 4.43. The van der Waals surface area contributed by atoms with E-state index in [-0.39, 0.29) is 17.5 Å². The average Bonchev–Trinajstić information content (AvgIpc) is 2.09. The molecular formula is C8H14N2O2S. The molecule has 0 N–H and O–H groups in total. The summed E-state index contributed by atoms with van der Waals surface area (Å²) in [5.41, 5.74) is 0. The third-order valence-corrected chi connectivity index (χ3v) is 3.96. The van der Waals surface area contributed by atoms with Gasteiger partial charge in [-0.25, -0.2) is 8.42 Å². The summed E-state index contributed by atoms with van der Waals surface area (Å²) in [6, 6.07) is 2.06. The fourth-order valence-corrected chi connectivity index (χ4v) is 2.70. The maximum atomic E-state index is 11.1. The Hall–Kier alpha value is -0.600. The lowest BCUT2D eigenvalue weighted by molar-refractivity contribution is 0.248. The van der Waals surface area contributed by atoms with E-state index in [4.69, 9.17) is 5.26 Å². The van der Waals surface area contributed by atoms with Crippen molar-refractivity contribution in [1.82, 2.24) is 4.90 Å². The van der Waals surface area contributed by atoms with Crippen LogP contribution in [0.2, 0.25) is 0 Å². The van der Waals surface area contributed by atoms with Gasteiger partial charge in [0.25, 0.3) is 0 Å². The van der Waals surface area contributed by atoms with Gasteiger partial charge in [0.05, 0.1) is 23.6 Å². The molecule has 5 heteroatoms. The molecule has 0 aromatic heterocycles. The summed E-state index contributed by atoms with van der Waals surface area (Å²) in [7, 11) is -2.82. The van der Waals surface area contributed by atoms with Crippen molar-refractivity contribution in [3.8, 4) is 6.07 Å². The number of rotatable bonds is 2. The van der Waals surface area contributed by atoms with E-state index in [9.17, 15) is 8.42 Å². The van der Waals surface area contributed by atoms with Crippen LogP contribution in [-0.2, 0) is 9.84 Å². The number of sulfone groups is 1. The monoisotopic (exact) mass is 202 g/mol. The van der Waals surface area contributed by atoms with Gasteiger partial charge in [0.15, 0.2) is 9.84 Å². The summed E-state index contributed by atoms with van der Waals surface area (Å²) in [4.78, 5) is 1.95. The van der Waals surface area contributed by atoms with E-state index in [0.717, 1.165) is 6.42 Å². The quantitative estimate of drug-likeness (QED) is 0.633. The molecule has 1 rings (SSSR count). The number of nitriles is 1. The smallest absolute Gasteiger partial charge is 0.152 e. The van der Waals surface area contributed by atoms with E-state index in [0.29, 0.717) is 13.1 Å². The fourth-order valence-electron chi connectivity index (χ4n) is 1.47. The Bertz CT molecular complexity index is 291. The standard InChI is InChI=1S/C8H14N2O2S/c1-2-8(7-9)10-3-5-13(11,12)6-4-10/h8H,2-6H2,1H3. The Morgan fingerprint density at radius 1 is 1.46 bits per heavy atom. The lowest BCUT2D eigenvalue weighted by Crippen LogP contribution is -2.45. The van der Waals surface area contributed by atoms with Crippen molar-refractivity contribution in [2.24, 2.45) is 0 Å². The Labute approximate surface area is 79.1 Å². The molecule has 0 aromatic rings. The third-order valence-electron chi connectivity index (χ3n) is 2.36. The summed E-state index contributed by atoms with van der Waals surface area (Å²) < 4.78 is 22.2. The largest absolute Gasteiger partial charge is 0.286 e. The number of hydrogen-bond donors (Lipinski definition) is 0. The van der Waals surface area contributed by atoms with Crippen LogP contribution in [0.3, 0.4) is 0 Å². The van der Waals surface area contributed by atoms with E-state index in [2.05, 4.69) is 6.07 Å². The minimum atomic E-state index is -2.82. The molecular weight excluding hydrogens is 188 g/mol. The van der Waals surface area contributed by atoms with Crippen LogP contribution in [-0.4, -0.2) is 44.0 Å². The van der Waals surface area contributed by atoms with Crippen molar-refractivity contribution in [3.63, 3.8) is 0 Å². The van der Waals surface area contributed by atoms with Crippen molar-refractivity contribution in [2.75, 3.05) is 24.6 Å². The van der Waals surface area contributed by atoms with Gasteiger partial charge in [-0.15, -0.1) is 0 Å². The van der Waals surface area contributed by atoms with Gasteiger partial charge in [0, 0.05) is 13.1 Å². The van der Waals surface area contributed by atoms with Gasteiger partial charge in [-0.1, -0.05) is 6.92 Å².